The summed E-state index contributed by atoms with van der Waals surface area (Å²) >= 11 is 7.32. The van der Waals surface area contributed by atoms with Crippen LogP contribution in [0.25, 0.3) is 10.1 Å². The van der Waals surface area contributed by atoms with Crippen molar-refractivity contribution in [1.29, 1.82) is 0 Å². The molecule has 0 bridgehead atoms. The monoisotopic (exact) mass is 478 g/mol. The quantitative estimate of drug-likeness (QED) is 0.503. The molecule has 2 heterocycles. The molecule has 1 aliphatic heterocycles. The van der Waals surface area contributed by atoms with Gasteiger partial charge in [0.15, 0.2) is 0 Å². The van der Waals surface area contributed by atoms with Crippen LogP contribution in [-0.4, -0.2) is 51.5 Å². The standard InChI is InChI=1S/C22H23ClN2O4S2/c1-3-29-22(26)20-21(17-6-4-5-7-19(17)30-20)31(27,28)25-12-10-24(11-13-25)18-14-16(23)9-8-15(18)2/h4-9,14H,3,10-13H2,1-2H3. The van der Waals surface area contributed by atoms with Crippen molar-refractivity contribution in [3.8, 4) is 0 Å². The molecule has 0 unspecified atom stereocenters. The van der Waals surface area contributed by atoms with Gasteiger partial charge in [0, 0.05) is 47.0 Å². The van der Waals surface area contributed by atoms with Gasteiger partial charge in [0.2, 0.25) is 10.0 Å². The zero-order valence-electron chi connectivity index (χ0n) is 17.3. The molecule has 0 aliphatic carbocycles. The number of carbonyl (C=O) groups is 1. The van der Waals surface area contributed by atoms with Gasteiger partial charge in [-0.3, -0.25) is 0 Å². The minimum atomic E-state index is -3.87. The van der Waals surface area contributed by atoms with Crippen molar-refractivity contribution in [3.05, 3.63) is 57.9 Å². The van der Waals surface area contributed by atoms with Gasteiger partial charge in [0.25, 0.3) is 0 Å². The number of fused-ring (bicyclic) bond motifs is 1. The van der Waals surface area contributed by atoms with Gasteiger partial charge in [-0.25, -0.2) is 13.2 Å². The minimum absolute atomic E-state index is 0.0546. The van der Waals surface area contributed by atoms with Crippen LogP contribution in [0.4, 0.5) is 5.69 Å². The van der Waals surface area contributed by atoms with Crippen molar-refractivity contribution >= 4 is 54.7 Å². The van der Waals surface area contributed by atoms with Gasteiger partial charge in [-0.2, -0.15) is 4.31 Å². The molecule has 0 atom stereocenters. The van der Waals surface area contributed by atoms with E-state index in [1.54, 1.807) is 19.1 Å². The van der Waals surface area contributed by atoms with E-state index in [0.29, 0.717) is 36.6 Å². The maximum Gasteiger partial charge on any atom is 0.349 e. The molecule has 4 rings (SSSR count). The zero-order chi connectivity index (χ0) is 22.2. The van der Waals surface area contributed by atoms with E-state index < -0.39 is 16.0 Å². The Balaban J connectivity index is 1.66. The van der Waals surface area contributed by atoms with Crippen LogP contribution < -0.4 is 4.90 Å². The van der Waals surface area contributed by atoms with Crippen LogP contribution >= 0.6 is 22.9 Å². The number of hydrogen-bond donors (Lipinski definition) is 0. The number of rotatable bonds is 5. The Kier molecular flexibility index (Phi) is 6.25. The molecule has 3 aromatic rings. The second-order valence-electron chi connectivity index (χ2n) is 7.30. The molecule has 2 aromatic carbocycles. The van der Waals surface area contributed by atoms with E-state index in [4.69, 9.17) is 16.3 Å². The number of benzene rings is 2. The van der Waals surface area contributed by atoms with Gasteiger partial charge in [-0.1, -0.05) is 35.9 Å². The predicted molar refractivity (Wildman–Crippen MR) is 125 cm³/mol. The first-order chi connectivity index (χ1) is 14.8. The molecule has 1 aromatic heterocycles. The highest BCUT2D eigenvalue weighted by molar-refractivity contribution is 7.89. The number of hydrogen-bond acceptors (Lipinski definition) is 6. The SMILES string of the molecule is CCOC(=O)c1sc2ccccc2c1S(=O)(=O)N1CCN(c2cc(Cl)ccc2C)CC1. The Morgan fingerprint density at radius 1 is 1.13 bits per heavy atom. The Morgan fingerprint density at radius 2 is 1.84 bits per heavy atom. The molecular weight excluding hydrogens is 456 g/mol. The summed E-state index contributed by atoms with van der Waals surface area (Å²) < 4.78 is 34.6. The molecule has 164 valence electrons. The van der Waals surface area contributed by atoms with E-state index in [-0.39, 0.29) is 16.4 Å². The Morgan fingerprint density at radius 3 is 2.55 bits per heavy atom. The van der Waals surface area contributed by atoms with E-state index in [1.165, 1.54) is 4.31 Å². The summed E-state index contributed by atoms with van der Waals surface area (Å²) in [5.74, 6) is -0.601. The van der Waals surface area contributed by atoms with Crippen LogP contribution in [0.1, 0.15) is 22.2 Å². The lowest BCUT2D eigenvalue weighted by Gasteiger charge is -2.36. The van der Waals surface area contributed by atoms with E-state index in [9.17, 15) is 13.2 Å². The van der Waals surface area contributed by atoms with E-state index in [2.05, 4.69) is 4.90 Å². The molecular formula is C22H23ClN2O4S2. The number of piperazine rings is 1. The summed E-state index contributed by atoms with van der Waals surface area (Å²) in [6, 6.07) is 12.9. The van der Waals surface area contributed by atoms with Crippen molar-refractivity contribution in [2.45, 2.75) is 18.7 Å². The minimum Gasteiger partial charge on any atom is -0.462 e. The van der Waals surface area contributed by atoms with E-state index in [1.807, 2.05) is 37.3 Å². The molecule has 1 saturated heterocycles. The molecule has 9 heteroatoms. The third kappa shape index (κ3) is 4.17. The molecule has 0 radical (unpaired) electrons. The first-order valence-corrected chi connectivity index (χ1v) is 12.7. The fraction of sp³-hybridized carbons (Fsp3) is 0.318. The normalized spacial score (nSPS) is 15.4. The number of esters is 1. The van der Waals surface area contributed by atoms with Gasteiger partial charge >= 0.3 is 5.97 Å². The summed E-state index contributed by atoms with van der Waals surface area (Å²) in [4.78, 5) is 14.9. The number of nitrogens with zero attached hydrogens (tertiary/aromatic N) is 2. The zero-order valence-corrected chi connectivity index (χ0v) is 19.7. The Bertz CT molecular complexity index is 1230. The van der Waals surface area contributed by atoms with Gasteiger partial charge in [-0.15, -0.1) is 11.3 Å². The molecule has 1 aliphatic rings. The van der Waals surface area contributed by atoms with Crippen LogP contribution in [-0.2, 0) is 14.8 Å². The highest BCUT2D eigenvalue weighted by atomic mass is 35.5. The van der Waals surface area contributed by atoms with Crippen molar-refractivity contribution < 1.29 is 17.9 Å². The Hall–Kier alpha value is -2.13. The number of aryl methyl sites for hydroxylation is 1. The number of sulfonamides is 1. The smallest absolute Gasteiger partial charge is 0.349 e. The van der Waals surface area contributed by atoms with Gasteiger partial charge in [-0.05, 0) is 37.6 Å². The lowest BCUT2D eigenvalue weighted by Crippen LogP contribution is -2.49. The van der Waals surface area contributed by atoms with Crippen LogP contribution in [0.3, 0.4) is 0 Å². The Labute approximate surface area is 191 Å². The van der Waals surface area contributed by atoms with Crippen molar-refractivity contribution in [2.24, 2.45) is 0 Å². The molecule has 0 spiro atoms. The second kappa shape index (κ2) is 8.78. The maximum absolute atomic E-state index is 13.6. The van der Waals surface area contributed by atoms with Crippen molar-refractivity contribution in [1.82, 2.24) is 4.31 Å². The maximum atomic E-state index is 13.6. The molecule has 0 amide bonds. The highest BCUT2D eigenvalue weighted by Crippen LogP contribution is 2.37. The summed E-state index contributed by atoms with van der Waals surface area (Å²) in [7, 11) is -3.87. The van der Waals surface area contributed by atoms with E-state index in [0.717, 1.165) is 27.3 Å². The first-order valence-electron chi connectivity index (χ1n) is 10.0. The predicted octanol–water partition coefficient (Wildman–Crippen LogP) is 4.55. The summed E-state index contributed by atoms with van der Waals surface area (Å²) in [6.45, 7) is 5.62. The third-order valence-electron chi connectivity index (χ3n) is 5.36. The number of ether oxygens (including phenoxy) is 1. The van der Waals surface area contributed by atoms with Crippen LogP contribution in [0.5, 0.6) is 0 Å². The number of carbonyl (C=O) groups excluding carboxylic acids is 1. The highest BCUT2D eigenvalue weighted by Gasteiger charge is 2.35. The summed E-state index contributed by atoms with van der Waals surface area (Å²) in [5, 5.41) is 1.21. The number of halogens is 1. The number of anilines is 1. The molecule has 0 saturated carbocycles. The van der Waals surface area contributed by atoms with Crippen molar-refractivity contribution in [3.63, 3.8) is 0 Å². The lowest BCUT2D eigenvalue weighted by atomic mass is 10.1. The summed E-state index contributed by atoms with van der Waals surface area (Å²) in [5.41, 5.74) is 2.10. The van der Waals surface area contributed by atoms with E-state index >= 15 is 0 Å². The van der Waals surface area contributed by atoms with Gasteiger partial charge in [0.05, 0.1) is 6.61 Å². The van der Waals surface area contributed by atoms with Gasteiger partial charge < -0.3 is 9.64 Å². The second-order valence-corrected chi connectivity index (χ2v) is 10.7. The molecule has 6 nitrogen and oxygen atoms in total. The summed E-state index contributed by atoms with van der Waals surface area (Å²) in [6.07, 6.45) is 0. The fourth-order valence-corrected chi connectivity index (χ4v) is 7.17. The molecule has 1 fully saturated rings. The van der Waals surface area contributed by atoms with Crippen molar-refractivity contribution in [2.75, 3.05) is 37.7 Å². The first kappa shape index (κ1) is 22.1. The van der Waals surface area contributed by atoms with Crippen LogP contribution in [0, 0.1) is 6.92 Å². The van der Waals surface area contributed by atoms with Crippen LogP contribution in [0.15, 0.2) is 47.4 Å². The molecule has 31 heavy (non-hydrogen) atoms. The third-order valence-corrected chi connectivity index (χ3v) is 8.86. The average Bonchev–Trinajstić information content (AvgIpc) is 3.16. The average molecular weight is 479 g/mol. The molecule has 0 N–H and O–H groups in total. The van der Waals surface area contributed by atoms with Crippen LogP contribution in [0.2, 0.25) is 5.02 Å². The van der Waals surface area contributed by atoms with Gasteiger partial charge in [0.1, 0.15) is 9.77 Å². The topological polar surface area (TPSA) is 66.9 Å². The largest absolute Gasteiger partial charge is 0.462 e. The lowest BCUT2D eigenvalue weighted by molar-refractivity contribution is 0.0528. The number of thiophene rings is 1. The fourth-order valence-electron chi connectivity index (χ4n) is 3.83.